The van der Waals surface area contributed by atoms with Gasteiger partial charge in [-0.05, 0) is 34.4 Å². The van der Waals surface area contributed by atoms with Crippen molar-refractivity contribution in [1.82, 2.24) is 10.2 Å². The molecule has 326 valence electrons. The van der Waals surface area contributed by atoms with Crippen molar-refractivity contribution in [3.05, 3.63) is 0 Å². The molecule has 55 heavy (non-hydrogen) atoms. The lowest BCUT2D eigenvalue weighted by atomic mass is 10.0. The first-order valence-corrected chi connectivity index (χ1v) is 30.2. The molecule has 0 fully saturated rings. The van der Waals surface area contributed by atoms with Crippen molar-refractivity contribution in [3.8, 4) is 0 Å². The van der Waals surface area contributed by atoms with E-state index < -0.39 is 0 Å². The fourth-order valence-electron chi connectivity index (χ4n) is 7.63. The van der Waals surface area contributed by atoms with Crippen molar-refractivity contribution in [1.29, 1.82) is 0 Å². The molecule has 0 aliphatic heterocycles. The Kier molecular flexibility index (Phi) is 46.8. The van der Waals surface area contributed by atoms with E-state index in [0.29, 0.717) is 0 Å². The Morgan fingerprint density at radius 2 is 0.455 bits per heavy atom. The Bertz CT molecular complexity index is 773. The Labute approximate surface area is 366 Å². The van der Waals surface area contributed by atoms with Crippen LogP contribution >= 0.6 is 54.5 Å². The Morgan fingerprint density at radius 1 is 0.273 bits per heavy atom. The molecule has 7 heteroatoms. The van der Waals surface area contributed by atoms with Gasteiger partial charge in [-0.1, -0.05) is 304 Å². The molecule has 0 unspecified atom stereocenters. The highest BCUT2D eigenvalue weighted by Gasteiger charge is 2.07. The summed E-state index contributed by atoms with van der Waals surface area (Å²) in [5, 5.41) is 8.86. The van der Waals surface area contributed by atoms with Crippen molar-refractivity contribution in [2.45, 2.75) is 292 Å². The average molecular weight is 860 g/mol. The Hall–Kier alpha value is 0.960. The zero-order chi connectivity index (χ0) is 39.2. The average Bonchev–Trinajstić information content (AvgIpc) is 3.65. The molecule has 0 aliphatic carbocycles. The second-order valence-electron chi connectivity index (χ2n) is 16.8. The monoisotopic (exact) mass is 859 g/mol. The van der Waals surface area contributed by atoms with Gasteiger partial charge in [0.1, 0.15) is 0 Å². The third kappa shape index (κ3) is 42.9. The van der Waals surface area contributed by atoms with E-state index in [2.05, 4.69) is 24.0 Å². The fourth-order valence-corrected chi connectivity index (χ4v) is 13.5. The number of rotatable bonds is 48. The van der Waals surface area contributed by atoms with E-state index in [1.807, 2.05) is 43.2 Å². The van der Waals surface area contributed by atoms with Gasteiger partial charge in [-0.25, -0.2) is 0 Å². The molecule has 0 aromatic carbocycles. The third-order valence-corrected chi connectivity index (χ3v) is 17.7. The minimum absolute atomic E-state index is 1.13. The van der Waals surface area contributed by atoms with Crippen LogP contribution in [0.5, 0.6) is 0 Å². The standard InChI is InChI=1S/C48H94N2S5/c1-3-5-7-9-11-13-15-17-19-21-23-25-27-29-31-33-35-37-39-41-43-45-51-54-47-49-50-48(53-47)55-52-46-44-42-40-38-36-34-32-30-28-26-24-22-20-18-16-14-12-10-8-6-4-2/h3-46H2,1-2H3. The van der Waals surface area contributed by atoms with Crippen LogP contribution in [0.4, 0.5) is 0 Å². The van der Waals surface area contributed by atoms with Gasteiger partial charge < -0.3 is 0 Å². The zero-order valence-corrected chi connectivity index (χ0v) is 41.1. The molecule has 0 spiro atoms. The second-order valence-corrected chi connectivity index (χ2v) is 23.1. The van der Waals surface area contributed by atoms with E-state index in [-0.39, 0.29) is 0 Å². The van der Waals surface area contributed by atoms with Gasteiger partial charge in [-0.3, -0.25) is 0 Å². The van der Waals surface area contributed by atoms with Gasteiger partial charge in [0.15, 0.2) is 8.68 Å². The summed E-state index contributed by atoms with van der Waals surface area (Å²) >= 11 is 1.78. The molecule has 0 atom stereocenters. The summed E-state index contributed by atoms with van der Waals surface area (Å²) in [4.78, 5) is 0. The lowest BCUT2D eigenvalue weighted by Gasteiger charge is -2.04. The Balaban J connectivity index is 1.72. The van der Waals surface area contributed by atoms with Gasteiger partial charge in [-0.2, -0.15) is 0 Å². The quantitative estimate of drug-likeness (QED) is 0.0478. The van der Waals surface area contributed by atoms with Crippen molar-refractivity contribution < 1.29 is 0 Å². The van der Waals surface area contributed by atoms with Crippen LogP contribution in [0.2, 0.25) is 0 Å². The normalized spacial score (nSPS) is 11.7. The summed E-state index contributed by atoms with van der Waals surface area (Å²) in [6, 6.07) is 0. The van der Waals surface area contributed by atoms with Crippen LogP contribution in [0, 0.1) is 0 Å². The summed E-state index contributed by atoms with van der Waals surface area (Å²) in [5.74, 6) is 2.47. The van der Waals surface area contributed by atoms with Crippen LogP contribution < -0.4 is 0 Å². The van der Waals surface area contributed by atoms with E-state index in [9.17, 15) is 0 Å². The minimum Gasteiger partial charge on any atom is -0.130 e. The summed E-state index contributed by atoms with van der Waals surface area (Å²) in [5.41, 5.74) is 0. The smallest absolute Gasteiger partial charge is 0.130 e. The molecule has 0 amide bonds. The van der Waals surface area contributed by atoms with E-state index >= 15 is 0 Å². The SMILES string of the molecule is CCCCCCCCCCCCCCCCCCCCCCCSSc1nnc(SSCCCCCCCCCCCCCCCCCCCCCCC)s1. The van der Waals surface area contributed by atoms with Gasteiger partial charge in [-0.15, -0.1) is 10.2 Å². The van der Waals surface area contributed by atoms with Crippen LogP contribution in [0.1, 0.15) is 284 Å². The molecule has 0 saturated heterocycles. The fraction of sp³-hybridized carbons (Fsp3) is 0.958. The largest absolute Gasteiger partial charge is 0.185 e. The lowest BCUT2D eigenvalue weighted by Crippen LogP contribution is -1.84. The summed E-state index contributed by atoms with van der Waals surface area (Å²) < 4.78 is 2.26. The van der Waals surface area contributed by atoms with Crippen LogP contribution in [-0.4, -0.2) is 21.7 Å². The maximum absolute atomic E-state index is 4.43. The highest BCUT2D eigenvalue weighted by molar-refractivity contribution is 8.77. The molecule has 1 aromatic rings. The third-order valence-electron chi connectivity index (χ3n) is 11.3. The minimum atomic E-state index is 1.13. The summed E-state index contributed by atoms with van der Waals surface area (Å²) in [7, 11) is 7.62. The molecule has 0 aliphatic rings. The molecular weight excluding hydrogens is 765 g/mol. The molecule has 1 rings (SSSR count). The van der Waals surface area contributed by atoms with Crippen molar-refractivity contribution in [2.24, 2.45) is 0 Å². The van der Waals surface area contributed by atoms with Gasteiger partial charge in [0.25, 0.3) is 0 Å². The predicted octanol–water partition coefficient (Wildman–Crippen LogP) is 20.4. The number of aromatic nitrogens is 2. The van der Waals surface area contributed by atoms with Gasteiger partial charge in [0.2, 0.25) is 0 Å². The maximum atomic E-state index is 4.43. The van der Waals surface area contributed by atoms with Crippen LogP contribution in [-0.2, 0) is 0 Å². The van der Waals surface area contributed by atoms with E-state index in [0.717, 1.165) is 8.68 Å². The molecule has 0 saturated carbocycles. The highest BCUT2D eigenvalue weighted by Crippen LogP contribution is 2.40. The summed E-state index contributed by atoms with van der Waals surface area (Å²) in [6.45, 7) is 4.62. The maximum Gasteiger partial charge on any atom is 0.185 e. The zero-order valence-electron chi connectivity index (χ0n) is 37.0. The first-order chi connectivity index (χ1) is 27.4. The highest BCUT2D eigenvalue weighted by atomic mass is 33.1. The van der Waals surface area contributed by atoms with Gasteiger partial charge in [0, 0.05) is 11.5 Å². The number of nitrogens with zero attached hydrogens (tertiary/aromatic N) is 2. The van der Waals surface area contributed by atoms with E-state index in [1.54, 1.807) is 11.3 Å². The first-order valence-electron chi connectivity index (χ1n) is 24.8. The predicted molar refractivity (Wildman–Crippen MR) is 262 cm³/mol. The van der Waals surface area contributed by atoms with E-state index in [4.69, 9.17) is 0 Å². The number of unbranched alkanes of at least 4 members (excludes halogenated alkanes) is 40. The molecule has 1 heterocycles. The van der Waals surface area contributed by atoms with Gasteiger partial charge >= 0.3 is 0 Å². The number of hydrogen-bond acceptors (Lipinski definition) is 7. The topological polar surface area (TPSA) is 25.8 Å². The van der Waals surface area contributed by atoms with Crippen LogP contribution in [0.15, 0.2) is 8.68 Å². The molecular formula is C48H94N2S5. The lowest BCUT2D eigenvalue weighted by molar-refractivity contribution is 0.521. The van der Waals surface area contributed by atoms with Crippen molar-refractivity contribution in [2.75, 3.05) is 11.5 Å². The van der Waals surface area contributed by atoms with Crippen molar-refractivity contribution in [3.63, 3.8) is 0 Å². The van der Waals surface area contributed by atoms with E-state index in [1.165, 1.54) is 281 Å². The number of hydrogen-bond donors (Lipinski definition) is 0. The van der Waals surface area contributed by atoms with Crippen molar-refractivity contribution >= 4 is 54.5 Å². The molecule has 0 bridgehead atoms. The molecule has 1 aromatic heterocycles. The molecule has 0 radical (unpaired) electrons. The first kappa shape index (κ1) is 54.0. The summed E-state index contributed by atoms with van der Waals surface area (Å²) in [6.07, 6.45) is 60.9. The molecule has 2 nitrogen and oxygen atoms in total. The molecule has 0 N–H and O–H groups in total. The van der Waals surface area contributed by atoms with Crippen LogP contribution in [0.25, 0.3) is 0 Å². The van der Waals surface area contributed by atoms with Gasteiger partial charge in [0.05, 0.1) is 0 Å². The van der Waals surface area contributed by atoms with Crippen LogP contribution in [0.3, 0.4) is 0 Å². The second kappa shape index (κ2) is 47.6. The Morgan fingerprint density at radius 3 is 0.655 bits per heavy atom.